The summed E-state index contributed by atoms with van der Waals surface area (Å²) >= 11 is 0. The predicted molar refractivity (Wildman–Crippen MR) is 59.2 cm³/mol. The summed E-state index contributed by atoms with van der Waals surface area (Å²) in [5, 5.41) is 3.66. The monoisotopic (exact) mass is 199 g/mol. The van der Waals surface area contributed by atoms with Gasteiger partial charge >= 0.3 is 6.03 Å². The Kier molecular flexibility index (Phi) is 9.26. The number of unbranched alkanes of at least 4 members (excludes halogenated alkanes) is 6. The highest BCUT2D eigenvalue weighted by Crippen LogP contribution is 2.05. The number of hydrazone groups is 1. The molecule has 0 fully saturated rings. The molecule has 0 aromatic carbocycles. The van der Waals surface area contributed by atoms with Crippen LogP contribution in [0.15, 0.2) is 5.10 Å². The highest BCUT2D eigenvalue weighted by Gasteiger charge is 1.88. The van der Waals surface area contributed by atoms with Crippen LogP contribution in [0.25, 0.3) is 0 Å². The molecule has 0 atom stereocenters. The molecular weight excluding hydrogens is 178 g/mol. The fourth-order valence-corrected chi connectivity index (χ4v) is 1.19. The maximum Gasteiger partial charge on any atom is 0.332 e. The first-order chi connectivity index (χ1) is 6.77. The van der Waals surface area contributed by atoms with E-state index in [4.69, 9.17) is 5.73 Å². The smallest absolute Gasteiger partial charge is 0.332 e. The van der Waals surface area contributed by atoms with Crippen molar-refractivity contribution in [3.63, 3.8) is 0 Å². The normalized spacial score (nSPS) is 10.6. The van der Waals surface area contributed by atoms with E-state index >= 15 is 0 Å². The Hall–Kier alpha value is -1.06. The molecule has 0 saturated carbocycles. The fraction of sp³-hybridized carbons (Fsp3) is 0.800. The van der Waals surface area contributed by atoms with Crippen LogP contribution in [0.4, 0.5) is 4.79 Å². The van der Waals surface area contributed by atoms with Crippen LogP contribution in [-0.4, -0.2) is 12.2 Å². The molecule has 3 N–H and O–H groups in total. The van der Waals surface area contributed by atoms with E-state index < -0.39 is 6.03 Å². The molecule has 0 rings (SSSR count). The Morgan fingerprint density at radius 3 is 2.57 bits per heavy atom. The van der Waals surface area contributed by atoms with Crippen molar-refractivity contribution < 1.29 is 4.79 Å². The van der Waals surface area contributed by atoms with Gasteiger partial charge in [0.25, 0.3) is 0 Å². The van der Waals surface area contributed by atoms with Crippen LogP contribution < -0.4 is 11.2 Å². The van der Waals surface area contributed by atoms with E-state index in [0.29, 0.717) is 0 Å². The summed E-state index contributed by atoms with van der Waals surface area (Å²) in [5.41, 5.74) is 6.99. The third-order valence-electron chi connectivity index (χ3n) is 1.95. The summed E-state index contributed by atoms with van der Waals surface area (Å²) in [6, 6.07) is -0.607. The minimum atomic E-state index is -0.607. The number of nitrogens with zero attached hydrogens (tertiary/aromatic N) is 1. The summed E-state index contributed by atoms with van der Waals surface area (Å²) in [4.78, 5) is 10.2. The minimum absolute atomic E-state index is 0.607. The van der Waals surface area contributed by atoms with Gasteiger partial charge in [0.2, 0.25) is 0 Å². The molecule has 0 aliphatic rings. The lowest BCUT2D eigenvalue weighted by molar-refractivity contribution is 0.249. The van der Waals surface area contributed by atoms with E-state index in [-0.39, 0.29) is 0 Å². The molecule has 82 valence electrons. The van der Waals surface area contributed by atoms with Gasteiger partial charge in [-0.2, -0.15) is 5.10 Å². The highest BCUT2D eigenvalue weighted by atomic mass is 16.2. The van der Waals surface area contributed by atoms with Gasteiger partial charge in [0.1, 0.15) is 0 Å². The van der Waals surface area contributed by atoms with Crippen molar-refractivity contribution in [2.75, 3.05) is 0 Å². The molecule has 2 amide bonds. The van der Waals surface area contributed by atoms with Crippen molar-refractivity contribution in [3.8, 4) is 0 Å². The number of nitrogens with one attached hydrogen (secondary N) is 1. The van der Waals surface area contributed by atoms with E-state index in [9.17, 15) is 4.79 Å². The van der Waals surface area contributed by atoms with Crippen LogP contribution in [-0.2, 0) is 0 Å². The van der Waals surface area contributed by atoms with Gasteiger partial charge in [0.05, 0.1) is 0 Å². The lowest BCUT2D eigenvalue weighted by Gasteiger charge is -1.97. The average Bonchev–Trinajstić information content (AvgIpc) is 2.15. The number of carbonyl (C=O) groups is 1. The van der Waals surface area contributed by atoms with Crippen LogP contribution in [0.2, 0.25) is 0 Å². The highest BCUT2D eigenvalue weighted by molar-refractivity contribution is 5.72. The van der Waals surface area contributed by atoms with Crippen molar-refractivity contribution in [2.24, 2.45) is 10.8 Å². The number of carbonyl (C=O) groups excluding carboxylic acids is 1. The first kappa shape index (κ1) is 12.9. The van der Waals surface area contributed by atoms with Gasteiger partial charge in [-0.15, -0.1) is 0 Å². The number of hydrogen-bond acceptors (Lipinski definition) is 2. The molecule has 0 aromatic heterocycles. The second-order valence-corrected chi connectivity index (χ2v) is 3.34. The fourth-order valence-electron chi connectivity index (χ4n) is 1.19. The summed E-state index contributed by atoms with van der Waals surface area (Å²) in [5.74, 6) is 0. The third-order valence-corrected chi connectivity index (χ3v) is 1.95. The number of rotatable bonds is 8. The zero-order valence-corrected chi connectivity index (χ0v) is 8.96. The summed E-state index contributed by atoms with van der Waals surface area (Å²) < 4.78 is 0. The zero-order chi connectivity index (χ0) is 10.6. The topological polar surface area (TPSA) is 67.5 Å². The van der Waals surface area contributed by atoms with Crippen LogP contribution in [0.1, 0.15) is 51.9 Å². The molecule has 0 aliphatic carbocycles. The standard InChI is InChI=1S/C10H21N3O/c1-2-3-4-5-6-7-8-9-12-13-10(11)14/h9H,2-8H2,1H3,(H3,11,13,14)/b12-9-. The van der Waals surface area contributed by atoms with Gasteiger partial charge < -0.3 is 5.73 Å². The van der Waals surface area contributed by atoms with Gasteiger partial charge in [-0.3, -0.25) is 0 Å². The van der Waals surface area contributed by atoms with E-state index in [1.807, 2.05) is 0 Å². The Morgan fingerprint density at radius 2 is 1.93 bits per heavy atom. The molecule has 0 unspecified atom stereocenters. The van der Waals surface area contributed by atoms with E-state index in [2.05, 4.69) is 17.5 Å². The lowest BCUT2D eigenvalue weighted by Crippen LogP contribution is -2.24. The summed E-state index contributed by atoms with van der Waals surface area (Å²) in [6.07, 6.45) is 10.2. The van der Waals surface area contributed by atoms with Crippen LogP contribution >= 0.6 is 0 Å². The summed E-state index contributed by atoms with van der Waals surface area (Å²) in [6.45, 7) is 2.21. The van der Waals surface area contributed by atoms with Gasteiger partial charge in [0.15, 0.2) is 0 Å². The average molecular weight is 199 g/mol. The van der Waals surface area contributed by atoms with Gasteiger partial charge in [-0.25, -0.2) is 10.2 Å². The van der Waals surface area contributed by atoms with Crippen LogP contribution in [0.5, 0.6) is 0 Å². The molecule has 0 heterocycles. The second-order valence-electron chi connectivity index (χ2n) is 3.34. The third kappa shape index (κ3) is 10.9. The first-order valence-corrected chi connectivity index (χ1v) is 5.34. The Labute approximate surface area is 85.9 Å². The summed E-state index contributed by atoms with van der Waals surface area (Å²) in [7, 11) is 0. The molecule has 4 heteroatoms. The molecule has 0 aromatic rings. The second kappa shape index (κ2) is 10.0. The maximum atomic E-state index is 10.2. The number of urea groups is 1. The van der Waals surface area contributed by atoms with Crippen LogP contribution in [0, 0.1) is 0 Å². The lowest BCUT2D eigenvalue weighted by atomic mass is 10.1. The number of hydrogen-bond donors (Lipinski definition) is 2. The zero-order valence-electron chi connectivity index (χ0n) is 8.96. The van der Waals surface area contributed by atoms with E-state index in [0.717, 1.165) is 12.8 Å². The van der Waals surface area contributed by atoms with E-state index in [1.165, 1.54) is 32.1 Å². The Morgan fingerprint density at radius 1 is 1.29 bits per heavy atom. The molecule has 0 radical (unpaired) electrons. The Bertz CT molecular complexity index is 169. The van der Waals surface area contributed by atoms with Gasteiger partial charge in [-0.1, -0.05) is 39.0 Å². The molecule has 0 aliphatic heterocycles. The Balaban J connectivity index is 3.05. The number of nitrogens with two attached hydrogens (primary N) is 1. The molecule has 14 heavy (non-hydrogen) atoms. The SMILES string of the molecule is CCCCCCCC/C=N\NC(N)=O. The van der Waals surface area contributed by atoms with Crippen molar-refractivity contribution in [3.05, 3.63) is 0 Å². The predicted octanol–water partition coefficient (Wildman–Crippen LogP) is 2.39. The van der Waals surface area contributed by atoms with Crippen LogP contribution in [0.3, 0.4) is 0 Å². The quantitative estimate of drug-likeness (QED) is 0.352. The molecule has 4 nitrogen and oxygen atoms in total. The number of amides is 2. The minimum Gasteiger partial charge on any atom is -0.350 e. The van der Waals surface area contributed by atoms with Gasteiger partial charge in [-0.05, 0) is 12.8 Å². The van der Waals surface area contributed by atoms with Crippen molar-refractivity contribution in [2.45, 2.75) is 51.9 Å². The molecule has 0 bridgehead atoms. The van der Waals surface area contributed by atoms with Gasteiger partial charge in [0, 0.05) is 6.21 Å². The maximum absolute atomic E-state index is 10.2. The van der Waals surface area contributed by atoms with Crippen molar-refractivity contribution >= 4 is 12.2 Å². The van der Waals surface area contributed by atoms with Crippen molar-refractivity contribution in [1.82, 2.24) is 5.43 Å². The largest absolute Gasteiger partial charge is 0.350 e. The molecule has 0 saturated heterocycles. The van der Waals surface area contributed by atoms with E-state index in [1.54, 1.807) is 6.21 Å². The number of primary amides is 1. The first-order valence-electron chi connectivity index (χ1n) is 5.34. The molecule has 0 spiro atoms. The molecular formula is C10H21N3O. The van der Waals surface area contributed by atoms with Crippen molar-refractivity contribution in [1.29, 1.82) is 0 Å².